The van der Waals surface area contributed by atoms with E-state index in [-0.39, 0.29) is 5.60 Å². The molecule has 0 aliphatic carbocycles. The van der Waals surface area contributed by atoms with Crippen LogP contribution in [0.5, 0.6) is 17.2 Å². The van der Waals surface area contributed by atoms with Gasteiger partial charge in [-0.05, 0) is 38.8 Å². The maximum atomic E-state index is 5.98. The average molecular weight is 276 g/mol. The maximum Gasteiger partial charge on any atom is 0.164 e. The van der Waals surface area contributed by atoms with E-state index >= 15 is 0 Å². The Balaban J connectivity index is 2.31. The van der Waals surface area contributed by atoms with Gasteiger partial charge in [-0.15, -0.1) is 0 Å². The van der Waals surface area contributed by atoms with Crippen LogP contribution in [0.2, 0.25) is 0 Å². The summed E-state index contributed by atoms with van der Waals surface area (Å²) in [6, 6.07) is 3.95. The van der Waals surface area contributed by atoms with E-state index in [9.17, 15) is 0 Å². The highest BCUT2D eigenvalue weighted by atomic mass is 16.5. The zero-order valence-electron chi connectivity index (χ0n) is 12.9. The average Bonchev–Trinajstić information content (AvgIpc) is 2.41. The van der Waals surface area contributed by atoms with Crippen molar-refractivity contribution in [2.24, 2.45) is 0 Å². The van der Waals surface area contributed by atoms with Crippen molar-refractivity contribution >= 4 is 6.08 Å². The van der Waals surface area contributed by atoms with Gasteiger partial charge in [-0.2, -0.15) is 0 Å². The maximum absolute atomic E-state index is 5.98. The molecular weight excluding hydrogens is 252 g/mol. The van der Waals surface area contributed by atoms with Gasteiger partial charge < -0.3 is 14.2 Å². The molecule has 0 bridgehead atoms. The molecule has 0 atom stereocenters. The van der Waals surface area contributed by atoms with Crippen LogP contribution in [0, 0.1) is 0 Å². The van der Waals surface area contributed by atoms with E-state index in [1.54, 1.807) is 0 Å². The molecule has 0 radical (unpaired) electrons. The van der Waals surface area contributed by atoms with Crippen LogP contribution in [0.15, 0.2) is 18.2 Å². The van der Waals surface area contributed by atoms with Crippen LogP contribution in [-0.4, -0.2) is 18.8 Å². The minimum absolute atomic E-state index is 0.277. The molecule has 0 N–H and O–H groups in total. The standard InChI is InChI=1S/C17H24O3/c1-5-9-18-15-11-13-7-8-17(3,4)20-14(13)12-16(15)19-10-6-2/h7-8,11-12H,5-6,9-10H2,1-4H3. The van der Waals surface area contributed by atoms with Gasteiger partial charge in [0.05, 0.1) is 13.2 Å². The van der Waals surface area contributed by atoms with E-state index in [1.807, 2.05) is 26.0 Å². The lowest BCUT2D eigenvalue weighted by Crippen LogP contribution is -2.27. The molecule has 1 aromatic carbocycles. The van der Waals surface area contributed by atoms with Crippen molar-refractivity contribution in [2.75, 3.05) is 13.2 Å². The summed E-state index contributed by atoms with van der Waals surface area (Å²) >= 11 is 0. The first kappa shape index (κ1) is 14.8. The van der Waals surface area contributed by atoms with Crippen LogP contribution >= 0.6 is 0 Å². The lowest BCUT2D eigenvalue weighted by atomic mass is 10.0. The third-order valence-electron chi connectivity index (χ3n) is 3.04. The molecule has 1 aliphatic heterocycles. The molecule has 2 rings (SSSR count). The summed E-state index contributed by atoms with van der Waals surface area (Å²) in [5.41, 5.74) is 0.764. The normalized spacial score (nSPS) is 15.4. The molecule has 0 spiro atoms. The smallest absolute Gasteiger partial charge is 0.164 e. The monoisotopic (exact) mass is 276 g/mol. The Morgan fingerprint density at radius 1 is 1.00 bits per heavy atom. The molecule has 3 nitrogen and oxygen atoms in total. The SMILES string of the molecule is CCCOc1cc2c(cc1OCCC)OC(C)(C)C=C2. The largest absolute Gasteiger partial charge is 0.490 e. The Labute approximate surface area is 121 Å². The van der Waals surface area contributed by atoms with E-state index in [4.69, 9.17) is 14.2 Å². The first-order chi connectivity index (χ1) is 9.55. The highest BCUT2D eigenvalue weighted by Gasteiger charge is 2.23. The second kappa shape index (κ2) is 6.21. The van der Waals surface area contributed by atoms with Crippen molar-refractivity contribution in [3.05, 3.63) is 23.8 Å². The highest BCUT2D eigenvalue weighted by molar-refractivity contribution is 5.66. The summed E-state index contributed by atoms with van der Waals surface area (Å²) in [4.78, 5) is 0. The molecule has 3 heteroatoms. The van der Waals surface area contributed by atoms with Crippen molar-refractivity contribution in [1.29, 1.82) is 0 Å². The Kier molecular flexibility index (Phi) is 4.58. The van der Waals surface area contributed by atoms with Crippen molar-refractivity contribution in [1.82, 2.24) is 0 Å². The summed E-state index contributed by atoms with van der Waals surface area (Å²) < 4.78 is 17.6. The van der Waals surface area contributed by atoms with Crippen LogP contribution in [0.4, 0.5) is 0 Å². The van der Waals surface area contributed by atoms with Crippen LogP contribution < -0.4 is 14.2 Å². The summed E-state index contributed by atoms with van der Waals surface area (Å²) in [5, 5.41) is 0. The third-order valence-corrected chi connectivity index (χ3v) is 3.04. The fourth-order valence-corrected chi connectivity index (χ4v) is 2.03. The van der Waals surface area contributed by atoms with Gasteiger partial charge in [-0.3, -0.25) is 0 Å². The van der Waals surface area contributed by atoms with Crippen LogP contribution in [0.1, 0.15) is 46.1 Å². The molecule has 0 saturated heterocycles. The van der Waals surface area contributed by atoms with Gasteiger partial charge in [0.1, 0.15) is 11.4 Å². The van der Waals surface area contributed by atoms with Crippen LogP contribution in [0.25, 0.3) is 6.08 Å². The second-order valence-corrected chi connectivity index (χ2v) is 5.57. The molecule has 1 heterocycles. The molecule has 0 fully saturated rings. The van der Waals surface area contributed by atoms with Crippen molar-refractivity contribution in [3.8, 4) is 17.2 Å². The molecule has 0 aromatic heterocycles. The minimum atomic E-state index is -0.277. The van der Waals surface area contributed by atoms with Crippen molar-refractivity contribution in [2.45, 2.75) is 46.1 Å². The van der Waals surface area contributed by atoms with E-state index in [0.717, 1.165) is 35.7 Å². The number of rotatable bonds is 6. The van der Waals surface area contributed by atoms with Gasteiger partial charge in [0.15, 0.2) is 11.5 Å². The topological polar surface area (TPSA) is 27.7 Å². The Morgan fingerprint density at radius 2 is 1.60 bits per heavy atom. The molecule has 0 saturated carbocycles. The molecule has 1 aromatic rings. The van der Waals surface area contributed by atoms with Gasteiger partial charge in [-0.25, -0.2) is 0 Å². The van der Waals surface area contributed by atoms with Gasteiger partial charge in [-0.1, -0.05) is 19.9 Å². The summed E-state index contributed by atoms with van der Waals surface area (Å²) in [6.07, 6.45) is 6.09. The fourth-order valence-electron chi connectivity index (χ4n) is 2.03. The van der Waals surface area contributed by atoms with Gasteiger partial charge in [0.25, 0.3) is 0 Å². The van der Waals surface area contributed by atoms with E-state index in [1.165, 1.54) is 0 Å². The number of ether oxygens (including phenoxy) is 3. The molecule has 20 heavy (non-hydrogen) atoms. The zero-order valence-corrected chi connectivity index (χ0v) is 12.9. The van der Waals surface area contributed by atoms with Crippen LogP contribution in [0.3, 0.4) is 0 Å². The molecule has 0 unspecified atom stereocenters. The Hall–Kier alpha value is -1.64. The first-order valence-corrected chi connectivity index (χ1v) is 7.37. The lowest BCUT2D eigenvalue weighted by molar-refractivity contribution is 0.157. The van der Waals surface area contributed by atoms with Crippen molar-refractivity contribution < 1.29 is 14.2 Å². The second-order valence-electron chi connectivity index (χ2n) is 5.57. The highest BCUT2D eigenvalue weighted by Crippen LogP contribution is 2.39. The minimum Gasteiger partial charge on any atom is -0.490 e. The van der Waals surface area contributed by atoms with Gasteiger partial charge in [0.2, 0.25) is 0 Å². The molecule has 0 amide bonds. The fraction of sp³-hybridized carbons (Fsp3) is 0.529. The predicted octanol–water partition coefficient (Wildman–Crippen LogP) is 4.45. The molecule has 1 aliphatic rings. The molecule has 110 valence electrons. The summed E-state index contributed by atoms with van der Waals surface area (Å²) in [7, 11) is 0. The van der Waals surface area contributed by atoms with E-state index in [0.29, 0.717) is 13.2 Å². The van der Waals surface area contributed by atoms with E-state index < -0.39 is 0 Å². The summed E-state index contributed by atoms with van der Waals surface area (Å²) in [6.45, 7) is 9.64. The number of hydrogen-bond donors (Lipinski definition) is 0. The van der Waals surface area contributed by atoms with E-state index in [2.05, 4.69) is 26.0 Å². The lowest BCUT2D eigenvalue weighted by Gasteiger charge is -2.28. The Bertz CT molecular complexity index is 489. The number of fused-ring (bicyclic) bond motifs is 1. The predicted molar refractivity (Wildman–Crippen MR) is 81.8 cm³/mol. The van der Waals surface area contributed by atoms with Crippen molar-refractivity contribution in [3.63, 3.8) is 0 Å². The first-order valence-electron chi connectivity index (χ1n) is 7.37. The third kappa shape index (κ3) is 3.47. The zero-order chi connectivity index (χ0) is 14.6. The quantitative estimate of drug-likeness (QED) is 0.768. The molecular formula is C17H24O3. The summed E-state index contributed by atoms with van der Waals surface area (Å²) in [5.74, 6) is 2.42. The number of benzene rings is 1. The van der Waals surface area contributed by atoms with Gasteiger partial charge >= 0.3 is 0 Å². The van der Waals surface area contributed by atoms with Crippen LogP contribution in [-0.2, 0) is 0 Å². The Morgan fingerprint density at radius 3 is 2.20 bits per heavy atom. The van der Waals surface area contributed by atoms with Gasteiger partial charge in [0, 0.05) is 11.6 Å². The number of hydrogen-bond acceptors (Lipinski definition) is 3.